The number of carbonyl (C=O) groups is 2. The van der Waals surface area contributed by atoms with Crippen LogP contribution in [0.1, 0.15) is 56.2 Å². The molecule has 2 N–H and O–H groups in total. The normalized spacial score (nSPS) is 19.6. The SMILES string of the molecule is CC/C(=C\N=C/CC#N)c1cc(C(F)(F)F)ccc1NC(=O)C1=C(O)C2(C)CCCN2N(Cc2cccc(F)c2F)C1=O. The van der Waals surface area contributed by atoms with Crippen molar-refractivity contribution in [3.8, 4) is 6.07 Å². The minimum Gasteiger partial charge on any atom is -0.509 e. The van der Waals surface area contributed by atoms with E-state index in [1.807, 2.05) is 6.07 Å². The zero-order valence-electron chi connectivity index (χ0n) is 23.3. The minimum atomic E-state index is -4.70. The predicted octanol–water partition coefficient (Wildman–Crippen LogP) is 6.28. The summed E-state index contributed by atoms with van der Waals surface area (Å²) in [5.41, 5.74) is -2.86. The molecule has 1 unspecified atom stereocenters. The fraction of sp³-hybridized carbons (Fsp3) is 0.333. The Labute approximate surface area is 244 Å². The van der Waals surface area contributed by atoms with E-state index in [1.54, 1.807) is 13.8 Å². The average molecular weight is 602 g/mol. The number of hydrogen-bond acceptors (Lipinski definition) is 6. The van der Waals surface area contributed by atoms with Crippen LogP contribution in [-0.4, -0.2) is 45.2 Å². The smallest absolute Gasteiger partial charge is 0.416 e. The van der Waals surface area contributed by atoms with Gasteiger partial charge in [0.2, 0.25) is 0 Å². The van der Waals surface area contributed by atoms with Crippen LogP contribution in [0.25, 0.3) is 5.57 Å². The average Bonchev–Trinajstić information content (AvgIpc) is 3.36. The first-order valence-corrected chi connectivity index (χ1v) is 13.4. The van der Waals surface area contributed by atoms with Crippen LogP contribution in [0.4, 0.5) is 27.6 Å². The van der Waals surface area contributed by atoms with Crippen LogP contribution < -0.4 is 5.32 Å². The van der Waals surface area contributed by atoms with Crippen molar-refractivity contribution >= 4 is 29.3 Å². The second kappa shape index (κ2) is 12.3. The van der Waals surface area contributed by atoms with E-state index in [4.69, 9.17) is 5.26 Å². The van der Waals surface area contributed by atoms with Crippen LogP contribution in [0, 0.1) is 23.0 Å². The van der Waals surface area contributed by atoms with E-state index in [0.29, 0.717) is 18.4 Å². The molecule has 1 fully saturated rings. The molecule has 226 valence electrons. The van der Waals surface area contributed by atoms with Crippen molar-refractivity contribution in [2.24, 2.45) is 4.99 Å². The monoisotopic (exact) mass is 601 g/mol. The number of halogens is 5. The highest BCUT2D eigenvalue weighted by Crippen LogP contribution is 2.42. The lowest BCUT2D eigenvalue weighted by molar-refractivity contribution is -0.160. The molecule has 8 nitrogen and oxygen atoms in total. The molecule has 0 bridgehead atoms. The van der Waals surface area contributed by atoms with E-state index >= 15 is 0 Å². The lowest BCUT2D eigenvalue weighted by atomic mass is 9.90. The topological polar surface area (TPSA) is 109 Å². The first kappa shape index (κ1) is 31.4. The van der Waals surface area contributed by atoms with Gasteiger partial charge in [0.25, 0.3) is 11.8 Å². The minimum absolute atomic E-state index is 0.0268. The van der Waals surface area contributed by atoms with Crippen molar-refractivity contribution in [3.05, 3.63) is 82.3 Å². The van der Waals surface area contributed by atoms with Crippen molar-refractivity contribution in [1.82, 2.24) is 10.0 Å². The largest absolute Gasteiger partial charge is 0.509 e. The second-order valence-electron chi connectivity index (χ2n) is 10.2. The quantitative estimate of drug-likeness (QED) is 0.210. The van der Waals surface area contributed by atoms with Gasteiger partial charge in [0, 0.05) is 35.8 Å². The van der Waals surface area contributed by atoms with Crippen molar-refractivity contribution in [2.75, 3.05) is 11.9 Å². The summed E-state index contributed by atoms with van der Waals surface area (Å²) in [4.78, 5) is 31.3. The lowest BCUT2D eigenvalue weighted by Gasteiger charge is -2.46. The number of fused-ring (bicyclic) bond motifs is 1. The van der Waals surface area contributed by atoms with Crippen molar-refractivity contribution in [3.63, 3.8) is 0 Å². The fourth-order valence-electron chi connectivity index (χ4n) is 5.25. The molecule has 2 aromatic carbocycles. The van der Waals surface area contributed by atoms with E-state index < -0.39 is 58.6 Å². The van der Waals surface area contributed by atoms with Gasteiger partial charge in [-0.15, -0.1) is 0 Å². The molecule has 0 aliphatic carbocycles. The van der Waals surface area contributed by atoms with Crippen LogP contribution in [0.5, 0.6) is 0 Å². The third-order valence-corrected chi connectivity index (χ3v) is 7.51. The van der Waals surface area contributed by atoms with E-state index in [0.717, 1.165) is 29.3 Å². The molecule has 13 heteroatoms. The standard InChI is InChI=1S/C30H28F5N5O3/c1-3-18(16-37-13-6-12-36)21-15-20(30(33,34)35)9-10-23(21)38-27(42)24-26(41)29(2)11-5-14-40(29)39(28(24)43)17-19-7-4-8-22(31)25(19)32/h4,7-10,13,15-16,41H,3,5-6,11,14,17H2,1-2H3,(H,38,42)/b18-16+,37-13-. The Balaban J connectivity index is 1.76. The first-order valence-electron chi connectivity index (χ1n) is 13.4. The van der Waals surface area contributed by atoms with Gasteiger partial charge in [-0.1, -0.05) is 19.1 Å². The summed E-state index contributed by atoms with van der Waals surface area (Å²) in [5, 5.41) is 25.0. The third-order valence-electron chi connectivity index (χ3n) is 7.51. The van der Waals surface area contributed by atoms with Gasteiger partial charge in [-0.05, 0) is 56.0 Å². The number of aliphatic hydroxyl groups is 1. The van der Waals surface area contributed by atoms with Gasteiger partial charge in [0.1, 0.15) is 11.3 Å². The molecule has 0 saturated carbocycles. The van der Waals surface area contributed by atoms with E-state index in [1.165, 1.54) is 29.6 Å². The van der Waals surface area contributed by atoms with Gasteiger partial charge >= 0.3 is 6.18 Å². The number of allylic oxidation sites excluding steroid dienone is 1. The number of alkyl halides is 3. The molecular weight excluding hydrogens is 573 g/mol. The number of hydrazine groups is 1. The van der Waals surface area contributed by atoms with Crippen molar-refractivity contribution < 1.29 is 36.6 Å². The molecule has 4 rings (SSSR count). The maximum absolute atomic E-state index is 14.6. The zero-order valence-corrected chi connectivity index (χ0v) is 23.3. The van der Waals surface area contributed by atoms with Crippen molar-refractivity contribution in [2.45, 2.75) is 57.8 Å². The molecule has 0 radical (unpaired) electrons. The molecule has 2 amide bonds. The fourth-order valence-corrected chi connectivity index (χ4v) is 5.25. The summed E-state index contributed by atoms with van der Waals surface area (Å²) < 4.78 is 69.3. The summed E-state index contributed by atoms with van der Waals surface area (Å²) in [6.07, 6.45) is -1.13. The maximum Gasteiger partial charge on any atom is 0.416 e. The van der Waals surface area contributed by atoms with Gasteiger partial charge in [0.15, 0.2) is 11.6 Å². The number of carbonyl (C=O) groups excluding carboxylic acids is 2. The van der Waals surface area contributed by atoms with Gasteiger partial charge < -0.3 is 10.4 Å². The van der Waals surface area contributed by atoms with E-state index in [-0.39, 0.29) is 36.2 Å². The van der Waals surface area contributed by atoms with Crippen LogP contribution in [-0.2, 0) is 22.3 Å². The third kappa shape index (κ3) is 6.15. The molecule has 1 saturated heterocycles. The van der Waals surface area contributed by atoms with E-state index in [2.05, 4.69) is 10.3 Å². The Morgan fingerprint density at radius 3 is 2.67 bits per heavy atom. The number of nitrogens with zero attached hydrogens (tertiary/aromatic N) is 4. The Morgan fingerprint density at radius 1 is 1.26 bits per heavy atom. The van der Waals surface area contributed by atoms with Gasteiger partial charge in [0.05, 0.1) is 30.1 Å². The number of benzene rings is 2. The molecule has 1 atom stereocenters. The van der Waals surface area contributed by atoms with Crippen LogP contribution >= 0.6 is 0 Å². The number of anilines is 1. The van der Waals surface area contributed by atoms with Gasteiger partial charge in [-0.3, -0.25) is 19.6 Å². The number of aliphatic imine (C=N–C) groups is 1. The zero-order chi connectivity index (χ0) is 31.5. The molecule has 2 aromatic rings. The molecule has 0 aromatic heterocycles. The van der Waals surface area contributed by atoms with Crippen LogP contribution in [0.2, 0.25) is 0 Å². The summed E-state index contributed by atoms with van der Waals surface area (Å²) in [5.74, 6) is -4.90. The molecule has 0 spiro atoms. The highest BCUT2D eigenvalue weighted by atomic mass is 19.4. The number of nitrogens with one attached hydrogen (secondary N) is 1. The summed E-state index contributed by atoms with van der Waals surface area (Å²) >= 11 is 0. The van der Waals surface area contributed by atoms with E-state index in [9.17, 15) is 36.6 Å². The summed E-state index contributed by atoms with van der Waals surface area (Å²) in [7, 11) is 0. The number of nitriles is 1. The summed E-state index contributed by atoms with van der Waals surface area (Å²) in [6, 6.07) is 8.00. The first-order chi connectivity index (χ1) is 20.3. The van der Waals surface area contributed by atoms with Crippen LogP contribution in [0.3, 0.4) is 0 Å². The second-order valence-corrected chi connectivity index (χ2v) is 10.2. The summed E-state index contributed by atoms with van der Waals surface area (Å²) in [6.45, 7) is 3.12. The molecule has 2 aliphatic rings. The van der Waals surface area contributed by atoms with Gasteiger partial charge in [-0.25, -0.2) is 13.8 Å². The molecule has 2 aliphatic heterocycles. The molecule has 43 heavy (non-hydrogen) atoms. The molecule has 2 heterocycles. The highest BCUT2D eigenvalue weighted by molar-refractivity contribution is 6.24. The van der Waals surface area contributed by atoms with Crippen molar-refractivity contribution in [1.29, 1.82) is 5.26 Å². The Hall–Kier alpha value is -4.57. The Morgan fingerprint density at radius 2 is 2.00 bits per heavy atom. The lowest BCUT2D eigenvalue weighted by Crippen LogP contribution is -2.60. The number of amides is 2. The van der Waals surface area contributed by atoms with Crippen LogP contribution in [0.15, 0.2) is 58.9 Å². The van der Waals surface area contributed by atoms with Gasteiger partial charge in [-0.2, -0.15) is 18.4 Å². The molecular formula is C30H28F5N5O3. The Bertz CT molecular complexity index is 1580. The predicted molar refractivity (Wildman–Crippen MR) is 148 cm³/mol. The maximum atomic E-state index is 14.6. The highest BCUT2D eigenvalue weighted by Gasteiger charge is 2.52. The number of aliphatic hydroxyl groups excluding tert-OH is 1. The number of rotatable bonds is 8. The Kier molecular flexibility index (Phi) is 9.01. The number of hydrogen-bond donors (Lipinski definition) is 2.